The quantitative estimate of drug-likeness (QED) is 0.266. The van der Waals surface area contributed by atoms with E-state index in [1.165, 1.54) is 5.56 Å². The fourth-order valence-corrected chi connectivity index (χ4v) is 4.13. The van der Waals surface area contributed by atoms with Gasteiger partial charge in [0, 0.05) is 31.0 Å². The maximum absolute atomic E-state index is 6.23. The minimum absolute atomic E-state index is 0.191. The number of hydrogen-bond acceptors (Lipinski definition) is 9. The summed E-state index contributed by atoms with van der Waals surface area (Å²) in [6.45, 7) is 4.96. The first-order valence-corrected chi connectivity index (χ1v) is 12.0. The van der Waals surface area contributed by atoms with Crippen molar-refractivity contribution in [1.82, 2.24) is 35.1 Å². The molecule has 0 amide bonds. The van der Waals surface area contributed by atoms with Crippen molar-refractivity contribution >= 4 is 16.9 Å². The molecule has 0 spiro atoms. The number of aryl methyl sites for hydroxylation is 1. The lowest BCUT2D eigenvalue weighted by molar-refractivity contribution is 0.307. The largest absolute Gasteiger partial charge is 0.490 e. The molecule has 0 bridgehead atoms. The van der Waals surface area contributed by atoms with Gasteiger partial charge in [0.25, 0.3) is 0 Å². The summed E-state index contributed by atoms with van der Waals surface area (Å²) >= 11 is 0. The first kappa shape index (κ1) is 23.4. The Morgan fingerprint density at radius 1 is 1.03 bits per heavy atom. The van der Waals surface area contributed by atoms with Crippen molar-refractivity contribution in [2.24, 2.45) is 0 Å². The van der Waals surface area contributed by atoms with Gasteiger partial charge in [-0.15, -0.1) is 0 Å². The Balaban J connectivity index is 1.36. The number of nitrogens with one attached hydrogen (secondary N) is 1. The van der Waals surface area contributed by atoms with E-state index >= 15 is 0 Å². The average molecular weight is 485 g/mol. The molecule has 184 valence electrons. The molecule has 5 aromatic rings. The molecule has 0 saturated heterocycles. The van der Waals surface area contributed by atoms with E-state index in [-0.39, 0.29) is 5.82 Å². The Kier molecular flexibility index (Phi) is 7.13. The average Bonchev–Trinajstić information content (AvgIpc) is 3.52. The summed E-state index contributed by atoms with van der Waals surface area (Å²) in [5.41, 5.74) is 10.9. The second-order valence-corrected chi connectivity index (χ2v) is 8.30. The highest BCUT2D eigenvalue weighted by molar-refractivity contribution is 5.95. The fraction of sp³-hybridized carbons (Fsp3) is 0.269. The van der Waals surface area contributed by atoms with Crippen LogP contribution in [0.5, 0.6) is 5.75 Å². The Bertz CT molecular complexity index is 1420. The molecule has 0 fully saturated rings. The number of benzene rings is 1. The van der Waals surface area contributed by atoms with E-state index in [0.717, 1.165) is 48.2 Å². The van der Waals surface area contributed by atoms with Gasteiger partial charge >= 0.3 is 0 Å². The van der Waals surface area contributed by atoms with E-state index in [0.29, 0.717) is 30.4 Å². The summed E-state index contributed by atoms with van der Waals surface area (Å²) in [7, 11) is 0. The number of nitrogens with zero attached hydrogens (tertiary/aromatic N) is 6. The Morgan fingerprint density at radius 2 is 1.86 bits per heavy atom. The maximum atomic E-state index is 6.23. The van der Waals surface area contributed by atoms with Gasteiger partial charge in [-0.25, -0.2) is 14.6 Å². The number of nitrogen functional groups attached to an aromatic ring is 1. The van der Waals surface area contributed by atoms with Crippen LogP contribution in [0.1, 0.15) is 25.3 Å². The number of rotatable bonds is 11. The standard InChI is InChI=1S/C26H28N8O2/c1-2-34-24-20(35-15-7-6-12-29-16-18-10-13-28-14-11-18)17-30-21(19-8-4-3-5-9-19)22(24)31-26(34)23-25(27)33-36-32-23/h3-5,8-11,13-14,17,29H,2,6-7,12,15-16H2,1H3,(H2,27,33). The number of pyridine rings is 2. The molecule has 0 aliphatic carbocycles. The number of ether oxygens (including phenoxy) is 1. The van der Waals surface area contributed by atoms with E-state index in [1.807, 2.05) is 66.3 Å². The molecule has 4 aromatic heterocycles. The van der Waals surface area contributed by atoms with Gasteiger partial charge in [0.2, 0.25) is 0 Å². The molecule has 0 aliphatic heterocycles. The monoisotopic (exact) mass is 484 g/mol. The second-order valence-electron chi connectivity index (χ2n) is 8.30. The number of unbranched alkanes of at least 4 members (excludes halogenated alkanes) is 1. The molecule has 10 nitrogen and oxygen atoms in total. The van der Waals surface area contributed by atoms with Crippen molar-refractivity contribution in [3.63, 3.8) is 0 Å². The van der Waals surface area contributed by atoms with Gasteiger partial charge in [-0.3, -0.25) is 4.98 Å². The lowest BCUT2D eigenvalue weighted by Gasteiger charge is -2.12. The van der Waals surface area contributed by atoms with E-state index < -0.39 is 0 Å². The van der Waals surface area contributed by atoms with Crippen LogP contribution in [0.25, 0.3) is 33.8 Å². The van der Waals surface area contributed by atoms with Crippen molar-refractivity contribution in [1.29, 1.82) is 0 Å². The second kappa shape index (κ2) is 11.0. The van der Waals surface area contributed by atoms with Gasteiger partial charge in [0.1, 0.15) is 11.0 Å². The van der Waals surface area contributed by atoms with Gasteiger partial charge in [-0.05, 0) is 54.3 Å². The van der Waals surface area contributed by atoms with Crippen LogP contribution in [-0.4, -0.2) is 43.0 Å². The molecule has 0 radical (unpaired) electrons. The fourth-order valence-electron chi connectivity index (χ4n) is 4.13. The van der Waals surface area contributed by atoms with Crippen LogP contribution in [0.2, 0.25) is 0 Å². The highest BCUT2D eigenvalue weighted by Gasteiger charge is 2.23. The highest BCUT2D eigenvalue weighted by Crippen LogP contribution is 2.36. The van der Waals surface area contributed by atoms with Crippen LogP contribution < -0.4 is 15.8 Å². The minimum atomic E-state index is 0.191. The number of hydrogen-bond donors (Lipinski definition) is 2. The van der Waals surface area contributed by atoms with E-state index in [4.69, 9.17) is 25.1 Å². The molecule has 3 N–H and O–H groups in total. The summed E-state index contributed by atoms with van der Waals surface area (Å²) in [4.78, 5) is 13.7. The van der Waals surface area contributed by atoms with Crippen molar-refractivity contribution in [3.05, 3.63) is 66.6 Å². The number of imidazole rings is 1. The number of aromatic nitrogens is 6. The van der Waals surface area contributed by atoms with Gasteiger partial charge in [0.05, 0.1) is 18.5 Å². The summed E-state index contributed by atoms with van der Waals surface area (Å²) in [6, 6.07) is 14.0. The van der Waals surface area contributed by atoms with Crippen LogP contribution in [-0.2, 0) is 13.1 Å². The molecule has 0 aliphatic rings. The summed E-state index contributed by atoms with van der Waals surface area (Å²) < 4.78 is 13.1. The lowest BCUT2D eigenvalue weighted by Crippen LogP contribution is -2.15. The zero-order valence-electron chi connectivity index (χ0n) is 20.1. The normalized spacial score (nSPS) is 11.2. The first-order valence-electron chi connectivity index (χ1n) is 12.0. The highest BCUT2D eigenvalue weighted by atomic mass is 16.6. The van der Waals surface area contributed by atoms with Gasteiger partial charge in [-0.2, -0.15) is 0 Å². The van der Waals surface area contributed by atoms with Gasteiger partial charge < -0.3 is 20.4 Å². The van der Waals surface area contributed by atoms with E-state index in [1.54, 1.807) is 6.20 Å². The topological polar surface area (TPSA) is 130 Å². The molecule has 0 saturated carbocycles. The summed E-state index contributed by atoms with van der Waals surface area (Å²) in [6.07, 6.45) is 7.28. The molecular weight excluding hydrogens is 456 g/mol. The zero-order chi connectivity index (χ0) is 24.7. The molecule has 10 heteroatoms. The Morgan fingerprint density at radius 3 is 2.61 bits per heavy atom. The lowest BCUT2D eigenvalue weighted by atomic mass is 10.1. The van der Waals surface area contributed by atoms with E-state index in [9.17, 15) is 0 Å². The number of nitrogens with two attached hydrogens (primary N) is 1. The van der Waals surface area contributed by atoms with Crippen LogP contribution >= 0.6 is 0 Å². The third-order valence-corrected chi connectivity index (χ3v) is 5.91. The van der Waals surface area contributed by atoms with Crippen molar-refractivity contribution < 1.29 is 9.37 Å². The van der Waals surface area contributed by atoms with Crippen molar-refractivity contribution in [3.8, 4) is 28.5 Å². The number of anilines is 1. The van der Waals surface area contributed by atoms with Gasteiger partial charge in [0.15, 0.2) is 23.1 Å². The maximum Gasteiger partial charge on any atom is 0.199 e. The van der Waals surface area contributed by atoms with Crippen LogP contribution in [0.15, 0.2) is 65.7 Å². The van der Waals surface area contributed by atoms with Crippen LogP contribution in [0.3, 0.4) is 0 Å². The molecule has 1 aromatic carbocycles. The minimum Gasteiger partial charge on any atom is -0.490 e. The zero-order valence-corrected chi connectivity index (χ0v) is 20.1. The van der Waals surface area contributed by atoms with E-state index in [2.05, 4.69) is 20.6 Å². The molecule has 5 rings (SSSR count). The smallest absolute Gasteiger partial charge is 0.199 e. The molecular formula is C26H28N8O2. The molecule has 36 heavy (non-hydrogen) atoms. The van der Waals surface area contributed by atoms with Crippen molar-refractivity contribution in [2.45, 2.75) is 32.9 Å². The molecule has 0 atom stereocenters. The third-order valence-electron chi connectivity index (χ3n) is 5.91. The number of fused-ring (bicyclic) bond motifs is 1. The molecule has 0 unspecified atom stereocenters. The predicted molar refractivity (Wildman–Crippen MR) is 137 cm³/mol. The Labute approximate surface area is 208 Å². The third kappa shape index (κ3) is 4.89. The van der Waals surface area contributed by atoms with Gasteiger partial charge in [-0.1, -0.05) is 30.3 Å². The summed E-state index contributed by atoms with van der Waals surface area (Å²) in [5, 5.41) is 11.2. The Hall–Kier alpha value is -4.31. The predicted octanol–water partition coefficient (Wildman–Crippen LogP) is 4.09. The SMILES string of the molecule is CCn1c(-c2nonc2N)nc2c(-c3ccccc3)ncc(OCCCCNCc3ccncc3)c21. The van der Waals surface area contributed by atoms with Crippen molar-refractivity contribution in [2.75, 3.05) is 18.9 Å². The summed E-state index contributed by atoms with van der Waals surface area (Å²) in [5.74, 6) is 1.43. The van der Waals surface area contributed by atoms with Crippen LogP contribution in [0, 0.1) is 0 Å². The first-order chi connectivity index (χ1) is 17.8. The molecule has 4 heterocycles. The van der Waals surface area contributed by atoms with Crippen LogP contribution in [0.4, 0.5) is 5.82 Å².